The van der Waals surface area contributed by atoms with Gasteiger partial charge in [0.05, 0.1) is 11.1 Å². The number of carbonyl (C=O) groups is 1. The van der Waals surface area contributed by atoms with Crippen molar-refractivity contribution in [2.45, 2.75) is 24.3 Å². The smallest absolute Gasteiger partial charge is 0.268 e. The van der Waals surface area contributed by atoms with Crippen molar-refractivity contribution in [3.8, 4) is 0 Å². The molecule has 0 spiro atoms. The summed E-state index contributed by atoms with van der Waals surface area (Å²) in [6.07, 6.45) is 0. The van der Waals surface area contributed by atoms with Crippen LogP contribution in [-0.2, 0) is 15.6 Å². The molecule has 1 heterocycles. The van der Waals surface area contributed by atoms with Crippen LogP contribution in [0.2, 0.25) is 0 Å². The van der Waals surface area contributed by atoms with E-state index in [4.69, 9.17) is 0 Å². The van der Waals surface area contributed by atoms with Gasteiger partial charge in [-0.05, 0) is 31.5 Å². The van der Waals surface area contributed by atoms with Gasteiger partial charge < -0.3 is 0 Å². The molecule has 0 bridgehead atoms. The highest BCUT2D eigenvalue weighted by molar-refractivity contribution is 7.90. The van der Waals surface area contributed by atoms with E-state index >= 15 is 0 Å². The number of amides is 1. The topological polar surface area (TPSA) is 54.5 Å². The van der Waals surface area contributed by atoms with Gasteiger partial charge in [0.25, 0.3) is 15.9 Å². The van der Waals surface area contributed by atoms with E-state index < -0.39 is 21.5 Å². The lowest BCUT2D eigenvalue weighted by atomic mass is 9.94. The van der Waals surface area contributed by atoms with Crippen molar-refractivity contribution in [2.24, 2.45) is 0 Å². The average molecular weight is 301 g/mol. The van der Waals surface area contributed by atoms with Crippen LogP contribution < -0.4 is 0 Å². The minimum atomic E-state index is -3.82. The molecule has 1 aliphatic rings. The second-order valence-electron chi connectivity index (χ2n) is 5.50. The largest absolute Gasteiger partial charge is 0.269 e. The Hall–Kier alpha value is -2.14. The van der Waals surface area contributed by atoms with Crippen LogP contribution in [0.25, 0.3) is 0 Å². The highest BCUT2D eigenvalue weighted by Gasteiger charge is 2.49. The molecule has 0 N–H and O–H groups in total. The van der Waals surface area contributed by atoms with Crippen LogP contribution in [0.4, 0.5) is 0 Å². The molecule has 1 aliphatic heterocycles. The van der Waals surface area contributed by atoms with E-state index in [1.807, 2.05) is 30.3 Å². The summed E-state index contributed by atoms with van der Waals surface area (Å²) in [4.78, 5) is 12.7. The first-order valence-electron chi connectivity index (χ1n) is 6.61. The van der Waals surface area contributed by atoms with Crippen LogP contribution in [0, 0.1) is 0 Å². The van der Waals surface area contributed by atoms with Crippen LogP contribution in [0.3, 0.4) is 0 Å². The van der Waals surface area contributed by atoms with Crippen molar-refractivity contribution in [2.75, 3.05) is 0 Å². The second kappa shape index (κ2) is 4.43. The van der Waals surface area contributed by atoms with E-state index in [-0.39, 0.29) is 10.5 Å². The summed E-state index contributed by atoms with van der Waals surface area (Å²) in [6.45, 7) is 3.48. The van der Waals surface area contributed by atoms with Crippen molar-refractivity contribution in [3.05, 3.63) is 65.7 Å². The fraction of sp³-hybridized carbons (Fsp3) is 0.188. The molecule has 0 fully saturated rings. The number of carbonyl (C=O) groups excluding carboxylic acids is 1. The summed E-state index contributed by atoms with van der Waals surface area (Å²) in [5.74, 6) is -0.473. The number of benzene rings is 2. The lowest BCUT2D eigenvalue weighted by molar-refractivity contribution is 0.0768. The van der Waals surface area contributed by atoms with Gasteiger partial charge in [-0.15, -0.1) is 0 Å². The Labute approximate surface area is 124 Å². The van der Waals surface area contributed by atoms with Gasteiger partial charge in [0.1, 0.15) is 4.90 Å². The Balaban J connectivity index is 2.20. The number of sulfonamides is 1. The fourth-order valence-electron chi connectivity index (χ4n) is 2.70. The van der Waals surface area contributed by atoms with Gasteiger partial charge >= 0.3 is 0 Å². The van der Waals surface area contributed by atoms with Crippen LogP contribution in [0.1, 0.15) is 29.8 Å². The van der Waals surface area contributed by atoms with E-state index in [0.717, 1.165) is 9.87 Å². The maximum atomic E-state index is 12.7. The number of hydrogen-bond acceptors (Lipinski definition) is 3. The molecule has 2 aromatic rings. The lowest BCUT2D eigenvalue weighted by Crippen LogP contribution is -2.45. The molecule has 0 radical (unpaired) electrons. The molecular formula is C16H15NO3S. The van der Waals surface area contributed by atoms with Crippen LogP contribution >= 0.6 is 0 Å². The van der Waals surface area contributed by atoms with E-state index in [2.05, 4.69) is 0 Å². The summed E-state index contributed by atoms with van der Waals surface area (Å²) < 4.78 is 26.4. The predicted octanol–water partition coefficient (Wildman–Crippen LogP) is 2.77. The van der Waals surface area contributed by atoms with Gasteiger partial charge in [-0.1, -0.05) is 42.5 Å². The first kappa shape index (κ1) is 13.8. The van der Waals surface area contributed by atoms with Crippen molar-refractivity contribution >= 4 is 15.9 Å². The second-order valence-corrected chi connectivity index (χ2v) is 7.25. The van der Waals surface area contributed by atoms with Gasteiger partial charge in [-0.2, -0.15) is 0 Å². The monoisotopic (exact) mass is 301 g/mol. The first-order chi connectivity index (χ1) is 9.87. The molecular weight excluding hydrogens is 286 g/mol. The predicted molar refractivity (Wildman–Crippen MR) is 79.3 cm³/mol. The highest BCUT2D eigenvalue weighted by Crippen LogP contribution is 2.40. The Morgan fingerprint density at radius 2 is 1.48 bits per heavy atom. The van der Waals surface area contributed by atoms with Gasteiger partial charge in [0, 0.05) is 0 Å². The molecule has 0 atom stereocenters. The van der Waals surface area contributed by atoms with Crippen molar-refractivity contribution in [1.29, 1.82) is 0 Å². The number of rotatable bonds is 2. The third-order valence-corrected chi connectivity index (χ3v) is 5.82. The van der Waals surface area contributed by atoms with E-state index in [0.29, 0.717) is 0 Å². The van der Waals surface area contributed by atoms with Gasteiger partial charge in [-0.3, -0.25) is 4.79 Å². The van der Waals surface area contributed by atoms with Crippen molar-refractivity contribution in [3.63, 3.8) is 0 Å². The quantitative estimate of drug-likeness (QED) is 0.857. The van der Waals surface area contributed by atoms with Crippen LogP contribution in [0.5, 0.6) is 0 Å². The summed E-state index contributed by atoms with van der Waals surface area (Å²) >= 11 is 0. The molecule has 2 aromatic carbocycles. The normalized spacial score (nSPS) is 16.9. The molecule has 0 unspecified atom stereocenters. The number of nitrogens with zero attached hydrogens (tertiary/aromatic N) is 1. The minimum Gasteiger partial charge on any atom is -0.268 e. The molecule has 21 heavy (non-hydrogen) atoms. The highest BCUT2D eigenvalue weighted by atomic mass is 32.2. The summed E-state index contributed by atoms with van der Waals surface area (Å²) in [5, 5.41) is 0. The Bertz CT molecular complexity index is 810. The molecule has 5 heteroatoms. The maximum Gasteiger partial charge on any atom is 0.269 e. The Kier molecular flexibility index (Phi) is 2.92. The van der Waals surface area contributed by atoms with E-state index in [9.17, 15) is 13.2 Å². The molecule has 3 rings (SSSR count). The molecule has 1 amide bonds. The summed E-state index contributed by atoms with van der Waals surface area (Å²) in [7, 11) is -3.82. The Morgan fingerprint density at radius 1 is 0.905 bits per heavy atom. The third kappa shape index (κ3) is 1.88. The Morgan fingerprint density at radius 3 is 2.10 bits per heavy atom. The number of hydrogen-bond donors (Lipinski definition) is 0. The maximum absolute atomic E-state index is 12.7. The van der Waals surface area contributed by atoms with Crippen LogP contribution in [0.15, 0.2) is 59.5 Å². The third-order valence-electron chi connectivity index (χ3n) is 3.81. The molecule has 0 saturated carbocycles. The van der Waals surface area contributed by atoms with Gasteiger partial charge in [0.15, 0.2) is 0 Å². The van der Waals surface area contributed by atoms with Gasteiger partial charge in [-0.25, -0.2) is 12.7 Å². The SMILES string of the molecule is CC(C)(c1ccccc1)N1C(=O)c2ccccc2S1(=O)=O. The number of fused-ring (bicyclic) bond motifs is 1. The minimum absolute atomic E-state index is 0.0824. The first-order valence-corrected chi connectivity index (χ1v) is 8.05. The van der Waals surface area contributed by atoms with Crippen molar-refractivity contribution in [1.82, 2.24) is 4.31 Å². The molecule has 0 saturated heterocycles. The van der Waals surface area contributed by atoms with Crippen molar-refractivity contribution < 1.29 is 13.2 Å². The molecule has 4 nitrogen and oxygen atoms in total. The standard InChI is InChI=1S/C16H15NO3S/c1-16(2,12-8-4-3-5-9-12)17-15(18)13-10-6-7-11-14(13)21(17,19)20/h3-11H,1-2H3. The van der Waals surface area contributed by atoms with Crippen LogP contribution in [-0.4, -0.2) is 18.6 Å². The zero-order valence-corrected chi connectivity index (χ0v) is 12.6. The molecule has 0 aliphatic carbocycles. The average Bonchev–Trinajstić information content (AvgIpc) is 2.68. The molecule has 0 aromatic heterocycles. The molecule has 108 valence electrons. The fourth-order valence-corrected chi connectivity index (χ4v) is 4.61. The van der Waals surface area contributed by atoms with Gasteiger partial charge in [0.2, 0.25) is 0 Å². The zero-order valence-electron chi connectivity index (χ0n) is 11.8. The summed E-state index contributed by atoms with van der Waals surface area (Å²) in [6, 6.07) is 15.5. The lowest BCUT2D eigenvalue weighted by Gasteiger charge is -2.34. The van der Waals surface area contributed by atoms with E-state index in [1.165, 1.54) is 6.07 Å². The summed E-state index contributed by atoms with van der Waals surface area (Å²) in [5.41, 5.74) is 0.0622. The van der Waals surface area contributed by atoms with E-state index in [1.54, 1.807) is 32.0 Å². The zero-order chi connectivity index (χ0) is 15.3.